The Bertz CT molecular complexity index is 1030. The number of carbonyl (C=O) groups excluding carboxylic acids is 2. The highest BCUT2D eigenvalue weighted by Gasteiger charge is 2.34. The molecule has 1 aromatic carbocycles. The quantitative estimate of drug-likeness (QED) is 0.413. The molecule has 0 spiro atoms. The third-order valence-corrected chi connectivity index (χ3v) is 5.88. The first-order valence-electron chi connectivity index (χ1n) is 12.4. The Labute approximate surface area is 211 Å². The van der Waals surface area contributed by atoms with Gasteiger partial charge in [-0.25, -0.2) is 19.5 Å². The second-order valence-electron chi connectivity index (χ2n) is 8.68. The van der Waals surface area contributed by atoms with E-state index in [0.717, 1.165) is 12.8 Å². The number of ether oxygens (including phenoxy) is 2. The number of aliphatic hydroxyl groups excluding tert-OH is 3. The van der Waals surface area contributed by atoms with Crippen LogP contribution in [0.1, 0.15) is 63.2 Å². The Morgan fingerprint density at radius 3 is 2.39 bits per heavy atom. The minimum atomic E-state index is -1.11. The zero-order valence-electron chi connectivity index (χ0n) is 20.8. The molecule has 0 saturated carbocycles. The maximum absolute atomic E-state index is 13.3. The van der Waals surface area contributed by atoms with Crippen molar-refractivity contribution in [1.82, 2.24) is 4.98 Å². The van der Waals surface area contributed by atoms with E-state index in [9.17, 15) is 19.8 Å². The van der Waals surface area contributed by atoms with Crippen LogP contribution in [0.3, 0.4) is 0 Å². The minimum Gasteiger partial charge on any atom is -0.449 e. The highest BCUT2D eigenvalue weighted by molar-refractivity contribution is 6.04. The summed E-state index contributed by atoms with van der Waals surface area (Å²) < 4.78 is 11.0. The van der Waals surface area contributed by atoms with Gasteiger partial charge in [-0.3, -0.25) is 4.90 Å². The van der Waals surface area contributed by atoms with Gasteiger partial charge in [-0.05, 0) is 36.6 Å². The molecule has 0 fully saturated rings. The average Bonchev–Trinajstić information content (AvgIpc) is 3.03. The van der Waals surface area contributed by atoms with Crippen LogP contribution < -0.4 is 9.80 Å². The van der Waals surface area contributed by atoms with Crippen molar-refractivity contribution >= 4 is 29.4 Å². The maximum Gasteiger partial charge on any atom is 0.420 e. The van der Waals surface area contributed by atoms with Crippen LogP contribution in [0.15, 0.2) is 36.5 Å². The second-order valence-corrected chi connectivity index (χ2v) is 8.68. The summed E-state index contributed by atoms with van der Waals surface area (Å²) in [5.41, 5.74) is 1.70. The van der Waals surface area contributed by atoms with Crippen molar-refractivity contribution in [2.45, 2.75) is 64.7 Å². The van der Waals surface area contributed by atoms with Crippen molar-refractivity contribution < 1.29 is 34.4 Å². The van der Waals surface area contributed by atoms with Crippen molar-refractivity contribution in [3.8, 4) is 0 Å². The highest BCUT2D eigenvalue weighted by Crippen LogP contribution is 2.42. The molecule has 0 saturated heterocycles. The summed E-state index contributed by atoms with van der Waals surface area (Å²) in [6.07, 6.45) is 1.16. The molecule has 10 nitrogen and oxygen atoms in total. The van der Waals surface area contributed by atoms with Crippen LogP contribution in [0.5, 0.6) is 0 Å². The number of unbranched alkanes of at least 4 members (excludes halogenated alkanes) is 2. The third kappa shape index (κ3) is 6.51. The monoisotopic (exact) mass is 501 g/mol. The van der Waals surface area contributed by atoms with Crippen LogP contribution in [0.25, 0.3) is 0 Å². The Morgan fingerprint density at radius 1 is 1.03 bits per heavy atom. The molecule has 2 atom stereocenters. The van der Waals surface area contributed by atoms with Crippen molar-refractivity contribution in [3.63, 3.8) is 0 Å². The molecule has 196 valence electrons. The fraction of sp³-hybridized carbons (Fsp3) is 0.500. The van der Waals surface area contributed by atoms with Gasteiger partial charge in [-0.15, -0.1) is 0 Å². The lowest BCUT2D eigenvalue weighted by molar-refractivity contribution is 0.0413. The van der Waals surface area contributed by atoms with Gasteiger partial charge in [0.1, 0.15) is 5.82 Å². The molecule has 10 heteroatoms. The lowest BCUT2D eigenvalue weighted by Gasteiger charge is -2.26. The molecule has 1 aliphatic heterocycles. The maximum atomic E-state index is 13.3. The van der Waals surface area contributed by atoms with E-state index in [-0.39, 0.29) is 26.2 Å². The van der Waals surface area contributed by atoms with Gasteiger partial charge in [0.25, 0.3) is 0 Å². The number of hydrogen-bond donors (Lipinski definition) is 3. The van der Waals surface area contributed by atoms with E-state index < -0.39 is 31.0 Å². The molecular weight excluding hydrogens is 466 g/mol. The van der Waals surface area contributed by atoms with Gasteiger partial charge in [0.05, 0.1) is 49.9 Å². The van der Waals surface area contributed by atoms with E-state index in [1.54, 1.807) is 36.5 Å². The first-order valence-corrected chi connectivity index (χ1v) is 12.4. The number of benzene rings is 1. The van der Waals surface area contributed by atoms with Crippen LogP contribution in [-0.4, -0.2) is 58.4 Å². The van der Waals surface area contributed by atoms with E-state index in [1.165, 1.54) is 9.80 Å². The smallest absolute Gasteiger partial charge is 0.420 e. The Balaban J connectivity index is 2.10. The van der Waals surface area contributed by atoms with E-state index in [4.69, 9.17) is 14.6 Å². The number of aromatic nitrogens is 1. The molecule has 1 aromatic heterocycles. The number of aliphatic hydroxyl groups is 3. The van der Waals surface area contributed by atoms with Crippen LogP contribution in [-0.2, 0) is 16.0 Å². The number of hydrogen-bond acceptors (Lipinski definition) is 8. The standard InChI is InChI=1S/C26H35N3O7/c1-3-5-12-35-25(33)28-16-19-8-7-11-27-24(19)29(26(34)36-13-6-4-2)21-10-9-18(14-22(21)28)23(32)15-20(31)17-30/h7-11,14,20,23,30-32H,3-6,12-13,15-17H2,1-2H3. The van der Waals surface area contributed by atoms with Gasteiger partial charge in [0.2, 0.25) is 0 Å². The van der Waals surface area contributed by atoms with Gasteiger partial charge in [-0.2, -0.15) is 0 Å². The molecule has 0 radical (unpaired) electrons. The van der Waals surface area contributed by atoms with Crippen LogP contribution in [0, 0.1) is 0 Å². The first-order chi connectivity index (χ1) is 17.4. The van der Waals surface area contributed by atoms with Crippen LogP contribution in [0.2, 0.25) is 0 Å². The summed E-state index contributed by atoms with van der Waals surface area (Å²) in [5, 5.41) is 29.6. The summed E-state index contributed by atoms with van der Waals surface area (Å²) >= 11 is 0. The highest BCUT2D eigenvalue weighted by atomic mass is 16.6. The molecule has 3 N–H and O–H groups in total. The summed E-state index contributed by atoms with van der Waals surface area (Å²) in [6, 6.07) is 8.30. The summed E-state index contributed by atoms with van der Waals surface area (Å²) in [7, 11) is 0. The molecule has 1 aliphatic rings. The number of anilines is 3. The minimum absolute atomic E-state index is 0.0820. The number of fused-ring (bicyclic) bond motifs is 2. The van der Waals surface area contributed by atoms with Gasteiger partial charge in [-0.1, -0.05) is 38.8 Å². The van der Waals surface area contributed by atoms with Crippen LogP contribution in [0.4, 0.5) is 26.8 Å². The summed E-state index contributed by atoms with van der Waals surface area (Å²) in [6.45, 7) is 4.06. The fourth-order valence-corrected chi connectivity index (χ4v) is 3.84. The van der Waals surface area contributed by atoms with Crippen molar-refractivity contribution in [2.24, 2.45) is 0 Å². The van der Waals surface area contributed by atoms with Crippen LogP contribution >= 0.6 is 0 Å². The van der Waals surface area contributed by atoms with Crippen molar-refractivity contribution in [2.75, 3.05) is 29.6 Å². The molecular formula is C26H35N3O7. The van der Waals surface area contributed by atoms with E-state index in [0.29, 0.717) is 41.2 Å². The van der Waals surface area contributed by atoms with E-state index in [2.05, 4.69) is 4.98 Å². The zero-order chi connectivity index (χ0) is 26.1. The van der Waals surface area contributed by atoms with E-state index in [1.807, 2.05) is 13.8 Å². The third-order valence-electron chi connectivity index (χ3n) is 5.88. The van der Waals surface area contributed by atoms with Gasteiger partial charge < -0.3 is 24.8 Å². The van der Waals surface area contributed by atoms with E-state index >= 15 is 0 Å². The zero-order valence-corrected chi connectivity index (χ0v) is 20.8. The van der Waals surface area contributed by atoms with Gasteiger partial charge in [0.15, 0.2) is 0 Å². The molecule has 0 bridgehead atoms. The molecule has 2 amide bonds. The van der Waals surface area contributed by atoms with Gasteiger partial charge in [0, 0.05) is 18.2 Å². The molecule has 0 aliphatic carbocycles. The Kier molecular flexibility index (Phi) is 10.0. The topological polar surface area (TPSA) is 133 Å². The largest absolute Gasteiger partial charge is 0.449 e. The lowest BCUT2D eigenvalue weighted by Crippen LogP contribution is -2.32. The average molecular weight is 502 g/mol. The summed E-state index contributed by atoms with van der Waals surface area (Å²) in [5.74, 6) is 0.341. The molecule has 36 heavy (non-hydrogen) atoms. The number of rotatable bonds is 10. The predicted octanol–water partition coefficient (Wildman–Crippen LogP) is 4.19. The second kappa shape index (κ2) is 13.2. The number of pyridine rings is 1. The van der Waals surface area contributed by atoms with Crippen molar-refractivity contribution in [1.29, 1.82) is 0 Å². The number of amides is 2. The molecule has 3 rings (SSSR count). The number of nitrogens with zero attached hydrogens (tertiary/aromatic N) is 3. The summed E-state index contributed by atoms with van der Waals surface area (Å²) in [4.78, 5) is 33.6. The number of carbonyl (C=O) groups is 2. The normalized spacial score (nSPS) is 14.4. The molecule has 2 heterocycles. The molecule has 2 unspecified atom stereocenters. The molecule has 2 aromatic rings. The predicted molar refractivity (Wildman–Crippen MR) is 134 cm³/mol. The fourth-order valence-electron chi connectivity index (χ4n) is 3.84. The Morgan fingerprint density at radius 2 is 1.72 bits per heavy atom. The van der Waals surface area contributed by atoms with Crippen molar-refractivity contribution in [3.05, 3.63) is 47.7 Å². The SMILES string of the molecule is CCCCOC(=O)N1Cc2cccnc2N(C(=O)OCCCC)c2ccc(C(O)CC(O)CO)cc21. The van der Waals surface area contributed by atoms with Gasteiger partial charge >= 0.3 is 12.2 Å². The Hall–Kier alpha value is -3.21. The lowest BCUT2D eigenvalue weighted by atomic mass is 10.0. The first kappa shape index (κ1) is 27.4.